The van der Waals surface area contributed by atoms with Crippen molar-refractivity contribution in [3.63, 3.8) is 0 Å². The fourth-order valence-electron chi connectivity index (χ4n) is 2.84. The monoisotopic (exact) mass is 388 g/mol. The second-order valence-corrected chi connectivity index (χ2v) is 6.36. The number of pyridine rings is 1. The molecule has 0 bridgehead atoms. The number of halogens is 1. The van der Waals surface area contributed by atoms with Crippen LogP contribution in [-0.2, 0) is 4.74 Å². The summed E-state index contributed by atoms with van der Waals surface area (Å²) < 4.78 is 12.3. The van der Waals surface area contributed by atoms with Crippen molar-refractivity contribution in [2.75, 3.05) is 43.6 Å². The predicted octanol–water partition coefficient (Wildman–Crippen LogP) is 3.15. The first-order chi connectivity index (χ1) is 13.2. The minimum atomic E-state index is 0. The number of benzene rings is 1. The average molecular weight is 389 g/mol. The maximum absolute atomic E-state index is 6.20. The SMILES string of the molecule is COc1cccc(-n2cnc(Nc3cc(Cl)nc(N4CCOCC4)c3)n2)c1.[HH]. The van der Waals surface area contributed by atoms with Gasteiger partial charge in [-0.25, -0.2) is 9.67 Å². The van der Waals surface area contributed by atoms with E-state index in [-0.39, 0.29) is 1.43 Å². The minimum absolute atomic E-state index is 0. The third kappa shape index (κ3) is 4.12. The molecule has 1 N–H and O–H groups in total. The summed E-state index contributed by atoms with van der Waals surface area (Å²) in [6, 6.07) is 11.3. The Bertz CT molecular complexity index is 932. The molecular weight excluding hydrogens is 368 g/mol. The third-order valence-electron chi connectivity index (χ3n) is 4.18. The van der Waals surface area contributed by atoms with E-state index in [9.17, 15) is 0 Å². The lowest BCUT2D eigenvalue weighted by molar-refractivity contribution is 0.122. The zero-order valence-corrected chi connectivity index (χ0v) is 15.6. The summed E-state index contributed by atoms with van der Waals surface area (Å²) in [6.07, 6.45) is 1.64. The van der Waals surface area contributed by atoms with E-state index < -0.39 is 0 Å². The zero-order valence-electron chi connectivity index (χ0n) is 14.8. The van der Waals surface area contributed by atoms with Crippen LogP contribution in [0.25, 0.3) is 5.69 Å². The zero-order chi connectivity index (χ0) is 18.6. The molecule has 1 saturated heterocycles. The number of nitrogens with one attached hydrogen (secondary N) is 1. The average Bonchev–Trinajstić information content (AvgIpc) is 3.17. The van der Waals surface area contributed by atoms with Gasteiger partial charge in [-0.2, -0.15) is 4.98 Å². The van der Waals surface area contributed by atoms with Crippen molar-refractivity contribution in [2.24, 2.45) is 0 Å². The molecule has 1 aliphatic rings. The molecule has 0 unspecified atom stereocenters. The Labute approximate surface area is 163 Å². The van der Waals surface area contributed by atoms with Crippen LogP contribution in [0, 0.1) is 0 Å². The summed E-state index contributed by atoms with van der Waals surface area (Å²) >= 11 is 6.20. The largest absolute Gasteiger partial charge is 0.497 e. The van der Waals surface area contributed by atoms with Crippen LogP contribution >= 0.6 is 11.6 Å². The Hall–Kier alpha value is -2.84. The normalized spacial score (nSPS) is 14.2. The van der Waals surface area contributed by atoms with Gasteiger partial charge in [0.2, 0.25) is 5.95 Å². The number of hydrogen-bond acceptors (Lipinski definition) is 7. The highest BCUT2D eigenvalue weighted by Gasteiger charge is 2.14. The minimum Gasteiger partial charge on any atom is -0.497 e. The highest BCUT2D eigenvalue weighted by atomic mass is 35.5. The lowest BCUT2D eigenvalue weighted by Gasteiger charge is -2.28. The molecule has 8 nitrogen and oxygen atoms in total. The number of anilines is 3. The highest BCUT2D eigenvalue weighted by Crippen LogP contribution is 2.24. The molecular formula is C18H21ClN6O2. The first-order valence-electron chi connectivity index (χ1n) is 8.55. The van der Waals surface area contributed by atoms with Gasteiger partial charge in [0, 0.05) is 32.3 Å². The summed E-state index contributed by atoms with van der Waals surface area (Å²) in [5.74, 6) is 2.03. The number of rotatable bonds is 5. The van der Waals surface area contributed by atoms with Crippen molar-refractivity contribution >= 4 is 29.1 Å². The van der Waals surface area contributed by atoms with Crippen LogP contribution in [-0.4, -0.2) is 53.2 Å². The standard InChI is InChI=1S/C18H19ClN6O2.H2/c1-26-15-4-2-3-14(11-15)25-12-20-18(23-25)21-13-9-16(19)22-17(10-13)24-5-7-27-8-6-24;/h2-4,9-12H,5-8H2,1H3,(H,21,22,23);1H. The van der Waals surface area contributed by atoms with Crippen LogP contribution in [0.15, 0.2) is 42.7 Å². The Kier molecular flexibility index (Phi) is 5.08. The van der Waals surface area contributed by atoms with E-state index in [2.05, 4.69) is 25.3 Å². The van der Waals surface area contributed by atoms with Crippen LogP contribution in [0.2, 0.25) is 5.15 Å². The predicted molar refractivity (Wildman–Crippen MR) is 106 cm³/mol. The lowest BCUT2D eigenvalue weighted by atomic mass is 10.3. The molecule has 0 amide bonds. The van der Waals surface area contributed by atoms with E-state index in [4.69, 9.17) is 21.1 Å². The molecule has 1 fully saturated rings. The van der Waals surface area contributed by atoms with Crippen molar-refractivity contribution in [2.45, 2.75) is 0 Å². The topological polar surface area (TPSA) is 77.3 Å². The van der Waals surface area contributed by atoms with E-state index in [1.54, 1.807) is 24.2 Å². The summed E-state index contributed by atoms with van der Waals surface area (Å²) in [4.78, 5) is 10.9. The maximum Gasteiger partial charge on any atom is 0.246 e. The van der Waals surface area contributed by atoms with E-state index in [0.717, 1.165) is 36.0 Å². The lowest BCUT2D eigenvalue weighted by Crippen LogP contribution is -2.36. The number of aromatic nitrogens is 4. The molecule has 3 aromatic rings. The summed E-state index contributed by atoms with van der Waals surface area (Å²) in [5, 5.41) is 8.06. The van der Waals surface area contributed by atoms with Gasteiger partial charge in [0.15, 0.2) is 0 Å². The van der Waals surface area contributed by atoms with Crippen molar-refractivity contribution in [3.8, 4) is 11.4 Å². The van der Waals surface area contributed by atoms with Crippen molar-refractivity contribution in [1.82, 2.24) is 19.7 Å². The van der Waals surface area contributed by atoms with Gasteiger partial charge in [-0.15, -0.1) is 5.10 Å². The molecule has 0 atom stereocenters. The number of ether oxygens (including phenoxy) is 2. The summed E-state index contributed by atoms with van der Waals surface area (Å²) in [5.41, 5.74) is 1.64. The number of hydrogen-bond donors (Lipinski definition) is 1. The molecule has 1 aliphatic heterocycles. The summed E-state index contributed by atoms with van der Waals surface area (Å²) in [6.45, 7) is 2.94. The molecule has 1 aromatic carbocycles. The second-order valence-electron chi connectivity index (χ2n) is 5.98. The van der Waals surface area contributed by atoms with Gasteiger partial charge in [0.25, 0.3) is 0 Å². The number of nitrogens with zero attached hydrogens (tertiary/aromatic N) is 5. The highest BCUT2D eigenvalue weighted by molar-refractivity contribution is 6.29. The Balaban J connectivity index is 0.00000225. The fraction of sp³-hybridized carbons (Fsp3) is 0.278. The van der Waals surface area contributed by atoms with Gasteiger partial charge >= 0.3 is 0 Å². The van der Waals surface area contributed by atoms with Crippen LogP contribution in [0.4, 0.5) is 17.5 Å². The van der Waals surface area contributed by atoms with E-state index in [1.807, 2.05) is 30.3 Å². The van der Waals surface area contributed by atoms with E-state index >= 15 is 0 Å². The third-order valence-corrected chi connectivity index (χ3v) is 4.38. The molecule has 0 radical (unpaired) electrons. The molecule has 0 spiro atoms. The molecule has 4 rings (SSSR count). The van der Waals surface area contributed by atoms with Gasteiger partial charge in [0.05, 0.1) is 26.0 Å². The summed E-state index contributed by atoms with van der Waals surface area (Å²) in [7, 11) is 1.63. The molecule has 27 heavy (non-hydrogen) atoms. The molecule has 3 heterocycles. The van der Waals surface area contributed by atoms with Gasteiger partial charge in [-0.3, -0.25) is 0 Å². The number of morpholine rings is 1. The van der Waals surface area contributed by atoms with Crippen LogP contribution < -0.4 is 15.0 Å². The molecule has 9 heteroatoms. The smallest absolute Gasteiger partial charge is 0.246 e. The quantitative estimate of drug-likeness (QED) is 0.672. The Morgan fingerprint density at radius 2 is 2.07 bits per heavy atom. The van der Waals surface area contributed by atoms with Gasteiger partial charge in [-0.1, -0.05) is 17.7 Å². The van der Waals surface area contributed by atoms with E-state index in [1.165, 1.54) is 0 Å². The Morgan fingerprint density at radius 3 is 2.89 bits per heavy atom. The first-order valence-corrected chi connectivity index (χ1v) is 8.92. The van der Waals surface area contributed by atoms with Gasteiger partial charge in [0.1, 0.15) is 23.0 Å². The molecule has 0 saturated carbocycles. The van der Waals surface area contributed by atoms with Crippen molar-refractivity contribution < 1.29 is 10.9 Å². The molecule has 142 valence electrons. The second kappa shape index (κ2) is 7.81. The maximum atomic E-state index is 6.20. The Morgan fingerprint density at radius 1 is 1.22 bits per heavy atom. The van der Waals surface area contributed by atoms with E-state index in [0.29, 0.717) is 24.3 Å². The number of methoxy groups -OCH3 is 1. The fourth-order valence-corrected chi connectivity index (χ4v) is 3.04. The molecule has 2 aromatic heterocycles. The van der Waals surface area contributed by atoms with Crippen molar-refractivity contribution in [1.29, 1.82) is 0 Å². The van der Waals surface area contributed by atoms with Gasteiger partial charge in [-0.05, 0) is 18.2 Å². The molecule has 0 aliphatic carbocycles. The van der Waals surface area contributed by atoms with Crippen LogP contribution in [0.1, 0.15) is 1.43 Å². The van der Waals surface area contributed by atoms with Crippen LogP contribution in [0.5, 0.6) is 5.75 Å². The van der Waals surface area contributed by atoms with Crippen molar-refractivity contribution in [3.05, 3.63) is 47.9 Å². The first kappa shape index (κ1) is 17.6. The van der Waals surface area contributed by atoms with Gasteiger partial charge < -0.3 is 19.7 Å². The van der Waals surface area contributed by atoms with Crippen LogP contribution in [0.3, 0.4) is 0 Å².